The van der Waals surface area contributed by atoms with Crippen LogP contribution >= 0.6 is 0 Å². The van der Waals surface area contributed by atoms with Crippen molar-refractivity contribution in [1.82, 2.24) is 4.98 Å². The van der Waals surface area contributed by atoms with Crippen LogP contribution in [-0.4, -0.2) is 24.1 Å². The van der Waals surface area contributed by atoms with Crippen molar-refractivity contribution in [2.75, 3.05) is 17.7 Å². The lowest BCUT2D eigenvalue weighted by Gasteiger charge is -2.12. The molecule has 0 aliphatic rings. The van der Waals surface area contributed by atoms with Crippen molar-refractivity contribution >= 4 is 23.5 Å². The molecule has 3 aromatic rings. The molecule has 1 aromatic heterocycles. The highest BCUT2D eigenvalue weighted by Crippen LogP contribution is 2.22. The molecule has 1 heterocycles. The number of benzene rings is 2. The summed E-state index contributed by atoms with van der Waals surface area (Å²) < 4.78 is 10.5. The highest BCUT2D eigenvalue weighted by atomic mass is 16.5. The van der Waals surface area contributed by atoms with Crippen molar-refractivity contribution in [2.45, 2.75) is 6.61 Å². The maximum atomic E-state index is 12.3. The topological polar surface area (TPSA) is 89.5 Å². The monoisotopic (exact) mass is 377 g/mol. The Kier molecular flexibility index (Phi) is 6.20. The minimum absolute atomic E-state index is 0.292. The molecule has 28 heavy (non-hydrogen) atoms. The highest BCUT2D eigenvalue weighted by Gasteiger charge is 2.11. The third-order valence-electron chi connectivity index (χ3n) is 3.78. The molecule has 3 rings (SSSR count). The summed E-state index contributed by atoms with van der Waals surface area (Å²) >= 11 is 0. The number of carbonyl (C=O) groups is 2. The van der Waals surface area contributed by atoms with Crippen LogP contribution in [0.3, 0.4) is 0 Å². The molecule has 0 unspecified atom stereocenters. The first-order valence-electron chi connectivity index (χ1n) is 8.54. The number of hydrogen-bond donors (Lipinski definition) is 2. The molecule has 0 radical (unpaired) electrons. The number of hydrogen-bond acceptors (Lipinski definition) is 5. The van der Waals surface area contributed by atoms with Crippen LogP contribution < -0.4 is 15.4 Å². The van der Waals surface area contributed by atoms with E-state index in [2.05, 4.69) is 20.4 Å². The van der Waals surface area contributed by atoms with E-state index in [1.165, 1.54) is 13.2 Å². The molecule has 0 spiro atoms. The zero-order chi connectivity index (χ0) is 19.8. The Hall–Kier alpha value is -3.87. The maximum Gasteiger partial charge on any atom is 0.337 e. The van der Waals surface area contributed by atoms with Gasteiger partial charge in [-0.1, -0.05) is 36.4 Å². The number of urea groups is 1. The summed E-state index contributed by atoms with van der Waals surface area (Å²) in [5, 5.41) is 5.31. The Morgan fingerprint density at radius 1 is 0.964 bits per heavy atom. The smallest absolute Gasteiger partial charge is 0.337 e. The van der Waals surface area contributed by atoms with Gasteiger partial charge in [0.25, 0.3) is 0 Å². The van der Waals surface area contributed by atoms with Crippen LogP contribution in [0, 0.1) is 0 Å². The van der Waals surface area contributed by atoms with Gasteiger partial charge < -0.3 is 14.8 Å². The molecule has 7 heteroatoms. The lowest BCUT2D eigenvalue weighted by Crippen LogP contribution is -2.21. The average molecular weight is 377 g/mol. The number of nitrogens with zero attached hydrogens (tertiary/aromatic N) is 1. The first kappa shape index (κ1) is 18.9. The number of aromatic nitrogens is 1. The number of esters is 1. The molecule has 0 aliphatic heterocycles. The number of pyridine rings is 1. The highest BCUT2D eigenvalue weighted by molar-refractivity contribution is 6.00. The summed E-state index contributed by atoms with van der Waals surface area (Å²) in [7, 11) is 1.30. The molecule has 0 atom stereocenters. The molecule has 142 valence electrons. The van der Waals surface area contributed by atoms with E-state index < -0.39 is 12.0 Å². The Bertz CT molecular complexity index is 961. The standard InChI is InChI=1S/C21H19N3O4/c1-27-20(25)16-9-5-10-17(13-16)23-21(26)24-19-18(11-6-12-22-19)28-14-15-7-3-2-4-8-15/h2-13H,14H2,1H3,(H2,22,23,24,26). The number of amides is 2. The van der Waals surface area contributed by atoms with Crippen molar-refractivity contribution in [2.24, 2.45) is 0 Å². The Morgan fingerprint density at radius 2 is 1.79 bits per heavy atom. The largest absolute Gasteiger partial charge is 0.485 e. The zero-order valence-electron chi connectivity index (χ0n) is 15.2. The molecular formula is C21H19N3O4. The van der Waals surface area contributed by atoms with Crippen LogP contribution in [0.2, 0.25) is 0 Å². The summed E-state index contributed by atoms with van der Waals surface area (Å²) in [6.07, 6.45) is 1.56. The van der Waals surface area contributed by atoms with E-state index >= 15 is 0 Å². The normalized spacial score (nSPS) is 10.0. The van der Waals surface area contributed by atoms with Crippen molar-refractivity contribution in [3.8, 4) is 5.75 Å². The number of rotatable bonds is 6. The van der Waals surface area contributed by atoms with Gasteiger partial charge in [-0.2, -0.15) is 0 Å². The molecule has 2 N–H and O–H groups in total. The fraction of sp³-hybridized carbons (Fsp3) is 0.0952. The van der Waals surface area contributed by atoms with Gasteiger partial charge in [0, 0.05) is 11.9 Å². The lowest BCUT2D eigenvalue weighted by atomic mass is 10.2. The van der Waals surface area contributed by atoms with Crippen molar-refractivity contribution in [3.63, 3.8) is 0 Å². The Balaban J connectivity index is 1.65. The second kappa shape index (κ2) is 9.18. The van der Waals surface area contributed by atoms with Gasteiger partial charge in [0.1, 0.15) is 6.61 Å². The van der Waals surface area contributed by atoms with Gasteiger partial charge in [0.2, 0.25) is 0 Å². The molecule has 0 fully saturated rings. The number of ether oxygens (including phenoxy) is 2. The van der Waals surface area contributed by atoms with Crippen molar-refractivity contribution < 1.29 is 19.1 Å². The van der Waals surface area contributed by atoms with E-state index in [9.17, 15) is 9.59 Å². The number of anilines is 2. The van der Waals surface area contributed by atoms with Gasteiger partial charge in [0.15, 0.2) is 11.6 Å². The summed E-state index contributed by atoms with van der Waals surface area (Å²) in [4.78, 5) is 28.1. The van der Waals surface area contributed by atoms with E-state index in [1.54, 1.807) is 36.5 Å². The Labute approximate surface area is 162 Å². The first-order valence-corrected chi connectivity index (χ1v) is 8.54. The van der Waals surface area contributed by atoms with Gasteiger partial charge in [-0.15, -0.1) is 0 Å². The zero-order valence-corrected chi connectivity index (χ0v) is 15.2. The molecule has 0 bridgehead atoms. The van der Waals surface area contributed by atoms with Gasteiger partial charge in [-0.25, -0.2) is 14.6 Å². The SMILES string of the molecule is COC(=O)c1cccc(NC(=O)Nc2ncccc2OCc2ccccc2)c1. The quantitative estimate of drug-likeness (QED) is 0.632. The predicted molar refractivity (Wildman–Crippen MR) is 105 cm³/mol. The van der Waals surface area contributed by atoms with Crippen LogP contribution in [-0.2, 0) is 11.3 Å². The minimum atomic E-state index is -0.509. The minimum Gasteiger partial charge on any atom is -0.485 e. The van der Waals surface area contributed by atoms with Crippen LogP contribution in [0.25, 0.3) is 0 Å². The summed E-state index contributed by atoms with van der Waals surface area (Å²) in [6.45, 7) is 0.351. The molecule has 0 saturated heterocycles. The number of carbonyl (C=O) groups excluding carboxylic acids is 2. The summed E-state index contributed by atoms with van der Waals surface area (Å²) in [6, 6.07) is 19.1. The van der Waals surface area contributed by atoms with Crippen LogP contribution in [0.15, 0.2) is 72.9 Å². The fourth-order valence-corrected chi connectivity index (χ4v) is 2.45. The lowest BCUT2D eigenvalue weighted by molar-refractivity contribution is 0.0600. The van der Waals surface area contributed by atoms with E-state index in [0.717, 1.165) is 5.56 Å². The molecule has 7 nitrogen and oxygen atoms in total. The summed E-state index contributed by atoms with van der Waals surface area (Å²) in [5.74, 6) is 0.259. The first-order chi connectivity index (χ1) is 13.7. The third-order valence-corrected chi connectivity index (χ3v) is 3.78. The maximum absolute atomic E-state index is 12.3. The van der Waals surface area contributed by atoms with E-state index in [-0.39, 0.29) is 0 Å². The van der Waals surface area contributed by atoms with Crippen LogP contribution in [0.1, 0.15) is 15.9 Å². The Morgan fingerprint density at radius 3 is 2.57 bits per heavy atom. The van der Waals surface area contributed by atoms with Gasteiger partial charge in [-0.3, -0.25) is 5.32 Å². The third kappa shape index (κ3) is 5.07. The van der Waals surface area contributed by atoms with Crippen molar-refractivity contribution in [1.29, 1.82) is 0 Å². The predicted octanol–water partition coefficient (Wildman–Crippen LogP) is 4.09. The van der Waals surface area contributed by atoms with E-state index in [4.69, 9.17) is 4.74 Å². The molecular weight excluding hydrogens is 358 g/mol. The van der Waals surface area contributed by atoms with Crippen LogP contribution in [0.5, 0.6) is 5.75 Å². The van der Waals surface area contributed by atoms with Crippen LogP contribution in [0.4, 0.5) is 16.3 Å². The van der Waals surface area contributed by atoms with Gasteiger partial charge in [-0.05, 0) is 35.9 Å². The molecule has 2 amide bonds. The van der Waals surface area contributed by atoms with Gasteiger partial charge in [0.05, 0.1) is 12.7 Å². The summed E-state index contributed by atoms with van der Waals surface area (Å²) in [5.41, 5.74) is 1.79. The second-order valence-electron chi connectivity index (χ2n) is 5.78. The average Bonchev–Trinajstić information content (AvgIpc) is 2.73. The van der Waals surface area contributed by atoms with Gasteiger partial charge >= 0.3 is 12.0 Å². The molecule has 0 saturated carbocycles. The van der Waals surface area contributed by atoms with Crippen molar-refractivity contribution in [3.05, 3.63) is 84.1 Å². The fourth-order valence-electron chi connectivity index (χ4n) is 2.45. The van der Waals surface area contributed by atoms with E-state index in [0.29, 0.717) is 29.4 Å². The second-order valence-corrected chi connectivity index (χ2v) is 5.78. The number of nitrogens with one attached hydrogen (secondary N) is 2. The number of methoxy groups -OCH3 is 1. The van der Waals surface area contributed by atoms with E-state index in [1.807, 2.05) is 30.3 Å². The molecule has 2 aromatic carbocycles. The molecule has 0 aliphatic carbocycles.